The Morgan fingerprint density at radius 3 is 2.36 bits per heavy atom. The highest BCUT2D eigenvalue weighted by Crippen LogP contribution is 2.16. The molecule has 5 nitrogen and oxygen atoms in total. The van der Waals surface area contributed by atoms with Crippen LogP contribution in [0.4, 0.5) is 10.5 Å². The smallest absolute Gasteiger partial charge is 0.410 e. The Labute approximate surface area is 132 Å². The third kappa shape index (κ3) is 5.06. The van der Waals surface area contributed by atoms with Crippen LogP contribution in [0.15, 0.2) is 30.3 Å². The highest BCUT2D eigenvalue weighted by Gasteiger charge is 2.32. The minimum absolute atomic E-state index is 0.0142. The van der Waals surface area contributed by atoms with E-state index in [1.807, 2.05) is 51.1 Å². The van der Waals surface area contributed by atoms with Gasteiger partial charge in [-0.3, -0.25) is 9.69 Å². The number of ether oxygens (including phenoxy) is 1. The third-order valence-electron chi connectivity index (χ3n) is 3.44. The minimum Gasteiger partial charge on any atom is -0.453 e. The molecule has 1 atom stereocenters. The normalized spacial score (nSPS) is 11.9. The van der Waals surface area contributed by atoms with Crippen molar-refractivity contribution in [2.24, 2.45) is 5.92 Å². The maximum atomic E-state index is 12.6. The summed E-state index contributed by atoms with van der Waals surface area (Å²) < 4.78 is 4.85. The average Bonchev–Trinajstić information content (AvgIpc) is 2.50. The van der Waals surface area contributed by atoms with Gasteiger partial charge in [0.1, 0.15) is 6.04 Å². The Kier molecular flexibility index (Phi) is 7.43. The van der Waals surface area contributed by atoms with Crippen molar-refractivity contribution in [3.8, 4) is 0 Å². The van der Waals surface area contributed by atoms with Crippen molar-refractivity contribution >= 4 is 17.7 Å². The molecule has 1 rings (SSSR count). The number of hydrogen-bond acceptors (Lipinski definition) is 3. The van der Waals surface area contributed by atoms with Crippen LogP contribution in [0.25, 0.3) is 0 Å². The van der Waals surface area contributed by atoms with Crippen LogP contribution in [0.2, 0.25) is 0 Å². The highest BCUT2D eigenvalue weighted by atomic mass is 16.5. The Morgan fingerprint density at radius 2 is 1.86 bits per heavy atom. The van der Waals surface area contributed by atoms with E-state index in [-0.39, 0.29) is 11.8 Å². The highest BCUT2D eigenvalue weighted by molar-refractivity contribution is 5.96. The lowest BCUT2D eigenvalue weighted by molar-refractivity contribution is -0.122. The van der Waals surface area contributed by atoms with Crippen LogP contribution < -0.4 is 5.32 Å². The summed E-state index contributed by atoms with van der Waals surface area (Å²) in [5, 5.41) is 2.87. The van der Waals surface area contributed by atoms with E-state index < -0.39 is 12.1 Å². The number of rotatable bonds is 7. The predicted octanol–water partition coefficient (Wildman–Crippen LogP) is 3.52. The average molecular weight is 306 g/mol. The van der Waals surface area contributed by atoms with Gasteiger partial charge in [-0.25, -0.2) is 4.79 Å². The molecule has 0 radical (unpaired) electrons. The molecule has 122 valence electrons. The molecule has 0 heterocycles. The lowest BCUT2D eigenvalue weighted by Crippen LogP contribution is -2.50. The topological polar surface area (TPSA) is 58.6 Å². The molecule has 1 unspecified atom stereocenters. The van der Waals surface area contributed by atoms with Crippen molar-refractivity contribution in [2.45, 2.75) is 39.7 Å². The first-order chi connectivity index (χ1) is 10.5. The van der Waals surface area contributed by atoms with E-state index in [9.17, 15) is 9.59 Å². The number of carbonyl (C=O) groups is 2. The van der Waals surface area contributed by atoms with Gasteiger partial charge in [0.2, 0.25) is 5.91 Å². The lowest BCUT2D eigenvalue weighted by atomic mass is 10.0. The summed E-state index contributed by atoms with van der Waals surface area (Å²) in [7, 11) is 1.34. The van der Waals surface area contributed by atoms with Gasteiger partial charge in [-0.1, -0.05) is 45.4 Å². The molecule has 1 N–H and O–H groups in total. The van der Waals surface area contributed by atoms with Gasteiger partial charge in [0.05, 0.1) is 7.11 Å². The van der Waals surface area contributed by atoms with Crippen LogP contribution in [-0.4, -0.2) is 36.6 Å². The van der Waals surface area contributed by atoms with E-state index in [2.05, 4.69) is 5.32 Å². The maximum absolute atomic E-state index is 12.6. The van der Waals surface area contributed by atoms with E-state index in [4.69, 9.17) is 4.74 Å². The number of hydrogen-bond donors (Lipinski definition) is 1. The van der Waals surface area contributed by atoms with Crippen LogP contribution >= 0.6 is 0 Å². The number of amides is 2. The van der Waals surface area contributed by atoms with E-state index in [1.54, 1.807) is 0 Å². The second-order valence-corrected chi connectivity index (χ2v) is 5.56. The van der Waals surface area contributed by atoms with Crippen molar-refractivity contribution in [3.63, 3.8) is 0 Å². The Bertz CT molecular complexity index is 474. The van der Waals surface area contributed by atoms with E-state index >= 15 is 0 Å². The molecule has 0 aliphatic rings. The van der Waals surface area contributed by atoms with E-state index in [0.717, 1.165) is 18.5 Å². The van der Waals surface area contributed by atoms with E-state index in [0.29, 0.717) is 6.54 Å². The molecule has 5 heteroatoms. The molecule has 2 amide bonds. The van der Waals surface area contributed by atoms with Gasteiger partial charge in [0.15, 0.2) is 0 Å². The number of carbonyl (C=O) groups excluding carboxylic acids is 2. The number of anilines is 1. The molecule has 0 spiro atoms. The Hall–Kier alpha value is -2.04. The second-order valence-electron chi connectivity index (χ2n) is 5.56. The molecule has 0 bridgehead atoms. The fourth-order valence-corrected chi connectivity index (χ4v) is 2.33. The number of nitrogens with one attached hydrogen (secondary N) is 1. The van der Waals surface area contributed by atoms with Crippen molar-refractivity contribution in [2.75, 3.05) is 19.0 Å². The molecule has 0 saturated heterocycles. The SMILES string of the molecule is CCCCN(C(=O)OC)C(C(=O)Nc1ccccc1)C(C)C. The Balaban J connectivity index is 2.92. The molecule has 0 aliphatic heterocycles. The van der Waals surface area contributed by atoms with Crippen LogP contribution in [0.3, 0.4) is 0 Å². The molecule has 22 heavy (non-hydrogen) atoms. The molecule has 1 aromatic carbocycles. The van der Waals surface area contributed by atoms with Gasteiger partial charge in [-0.15, -0.1) is 0 Å². The van der Waals surface area contributed by atoms with Gasteiger partial charge in [0.25, 0.3) is 0 Å². The quantitative estimate of drug-likeness (QED) is 0.838. The van der Waals surface area contributed by atoms with Gasteiger partial charge in [0, 0.05) is 12.2 Å². The summed E-state index contributed by atoms with van der Waals surface area (Å²) in [6, 6.07) is 8.69. The Morgan fingerprint density at radius 1 is 1.23 bits per heavy atom. The molecule has 0 aromatic heterocycles. The van der Waals surface area contributed by atoms with Crippen LogP contribution in [0.5, 0.6) is 0 Å². The van der Waals surface area contributed by atoms with Crippen molar-refractivity contribution in [1.29, 1.82) is 0 Å². The molecular formula is C17H26N2O3. The lowest BCUT2D eigenvalue weighted by Gasteiger charge is -2.32. The molecule has 0 fully saturated rings. The fourth-order valence-electron chi connectivity index (χ4n) is 2.33. The molecular weight excluding hydrogens is 280 g/mol. The monoisotopic (exact) mass is 306 g/mol. The van der Waals surface area contributed by atoms with Crippen molar-refractivity contribution in [1.82, 2.24) is 4.90 Å². The summed E-state index contributed by atoms with van der Waals surface area (Å²) >= 11 is 0. The first-order valence-electron chi connectivity index (χ1n) is 7.71. The first kappa shape index (κ1) is 18.0. The van der Waals surface area contributed by atoms with Crippen LogP contribution in [-0.2, 0) is 9.53 Å². The standard InChI is InChI=1S/C17H26N2O3/c1-5-6-12-19(17(21)22-4)15(13(2)3)16(20)18-14-10-8-7-9-11-14/h7-11,13,15H,5-6,12H2,1-4H3,(H,18,20). The zero-order chi connectivity index (χ0) is 16.5. The predicted molar refractivity (Wildman–Crippen MR) is 87.7 cm³/mol. The van der Waals surface area contributed by atoms with Crippen LogP contribution in [0, 0.1) is 5.92 Å². The summed E-state index contributed by atoms with van der Waals surface area (Å²) in [5.74, 6) is -0.206. The molecule has 0 aliphatic carbocycles. The molecule has 0 saturated carbocycles. The van der Waals surface area contributed by atoms with Gasteiger partial charge < -0.3 is 10.1 Å². The second kappa shape index (κ2) is 9.07. The zero-order valence-corrected chi connectivity index (χ0v) is 13.8. The number of para-hydroxylation sites is 1. The van der Waals surface area contributed by atoms with Crippen molar-refractivity contribution in [3.05, 3.63) is 30.3 Å². The van der Waals surface area contributed by atoms with E-state index in [1.165, 1.54) is 12.0 Å². The first-order valence-corrected chi connectivity index (χ1v) is 7.71. The summed E-state index contributed by atoms with van der Waals surface area (Å²) in [5.41, 5.74) is 0.721. The maximum Gasteiger partial charge on any atom is 0.410 e. The largest absolute Gasteiger partial charge is 0.453 e. The minimum atomic E-state index is -0.556. The van der Waals surface area contributed by atoms with Gasteiger partial charge >= 0.3 is 6.09 Å². The van der Waals surface area contributed by atoms with Crippen molar-refractivity contribution < 1.29 is 14.3 Å². The van der Waals surface area contributed by atoms with Crippen LogP contribution in [0.1, 0.15) is 33.6 Å². The number of nitrogens with zero attached hydrogens (tertiary/aromatic N) is 1. The summed E-state index contributed by atoms with van der Waals surface area (Å²) in [6.07, 6.45) is 1.31. The third-order valence-corrected chi connectivity index (χ3v) is 3.44. The molecule has 1 aromatic rings. The number of benzene rings is 1. The number of unbranched alkanes of at least 4 members (excludes halogenated alkanes) is 1. The zero-order valence-electron chi connectivity index (χ0n) is 13.8. The fraction of sp³-hybridized carbons (Fsp3) is 0.529. The van der Waals surface area contributed by atoms with Gasteiger partial charge in [-0.05, 0) is 24.5 Å². The summed E-state index contributed by atoms with van der Waals surface area (Å²) in [4.78, 5) is 26.2. The van der Waals surface area contributed by atoms with Gasteiger partial charge in [-0.2, -0.15) is 0 Å². The summed E-state index contributed by atoms with van der Waals surface area (Å²) in [6.45, 7) is 6.41. The number of methoxy groups -OCH3 is 1.